The van der Waals surface area contributed by atoms with E-state index < -0.39 is 0 Å². The van der Waals surface area contributed by atoms with Crippen LogP contribution in [0.2, 0.25) is 5.02 Å². The maximum atomic E-state index is 6.16. The third kappa shape index (κ3) is 3.99. The van der Waals surface area contributed by atoms with Crippen LogP contribution in [-0.4, -0.2) is 6.54 Å². The summed E-state index contributed by atoms with van der Waals surface area (Å²) in [6, 6.07) is 12.4. The van der Waals surface area contributed by atoms with E-state index in [-0.39, 0.29) is 0 Å². The highest BCUT2D eigenvalue weighted by molar-refractivity contribution is 6.32. The Hall–Kier alpha value is -1.51. The zero-order valence-electron chi connectivity index (χ0n) is 12.8. The van der Waals surface area contributed by atoms with Crippen molar-refractivity contribution in [2.24, 2.45) is 5.73 Å². The molecule has 2 N–H and O–H groups in total. The maximum Gasteiger partial charge on any atom is 0.120 e. The Morgan fingerprint density at radius 1 is 1.10 bits per heavy atom. The van der Waals surface area contributed by atoms with E-state index in [0.717, 1.165) is 27.5 Å². The van der Waals surface area contributed by atoms with Crippen LogP contribution >= 0.6 is 11.6 Å². The molecule has 112 valence electrons. The molecule has 0 aliphatic heterocycles. The predicted octanol–water partition coefficient (Wildman–Crippen LogP) is 4.60. The summed E-state index contributed by atoms with van der Waals surface area (Å²) in [4.78, 5) is 0. The summed E-state index contributed by atoms with van der Waals surface area (Å²) in [6.07, 6.45) is 0. The van der Waals surface area contributed by atoms with Crippen molar-refractivity contribution < 1.29 is 4.74 Å². The molecule has 0 radical (unpaired) electrons. The average molecular weight is 304 g/mol. The van der Waals surface area contributed by atoms with Crippen molar-refractivity contribution in [2.75, 3.05) is 6.54 Å². The fourth-order valence-corrected chi connectivity index (χ4v) is 2.34. The normalized spacial score (nSPS) is 12.2. The molecule has 1 atom stereocenters. The van der Waals surface area contributed by atoms with E-state index in [1.807, 2.05) is 26.0 Å². The molecule has 0 spiro atoms. The third-order valence-electron chi connectivity index (χ3n) is 3.72. The number of hydrogen-bond donors (Lipinski definition) is 1. The minimum Gasteiger partial charge on any atom is -0.489 e. The number of nitrogens with two attached hydrogens (primary N) is 1. The van der Waals surface area contributed by atoms with Gasteiger partial charge in [-0.15, -0.1) is 0 Å². The number of benzene rings is 2. The van der Waals surface area contributed by atoms with Crippen molar-refractivity contribution in [1.82, 2.24) is 0 Å². The van der Waals surface area contributed by atoms with Crippen molar-refractivity contribution in [3.05, 3.63) is 63.7 Å². The molecule has 2 rings (SSSR count). The summed E-state index contributed by atoms with van der Waals surface area (Å²) in [5.41, 5.74) is 10.2. The lowest BCUT2D eigenvalue weighted by Crippen LogP contribution is -2.08. The monoisotopic (exact) mass is 303 g/mol. The summed E-state index contributed by atoms with van der Waals surface area (Å²) >= 11 is 6.16. The van der Waals surface area contributed by atoms with Crippen LogP contribution in [0.15, 0.2) is 36.4 Å². The van der Waals surface area contributed by atoms with Gasteiger partial charge in [0.15, 0.2) is 0 Å². The van der Waals surface area contributed by atoms with E-state index in [9.17, 15) is 0 Å². The zero-order chi connectivity index (χ0) is 15.4. The number of aryl methyl sites for hydroxylation is 2. The topological polar surface area (TPSA) is 35.2 Å². The Bertz CT molecular complexity index is 584. The molecule has 0 amide bonds. The molecular formula is C18H22ClNO. The standard InChI is InChI=1S/C18H22ClNO/c1-12-8-17(9-13(2)18(12)19)21-11-15-4-6-16(7-5-15)14(3)10-20/h4-9,14H,10-11,20H2,1-3H3. The maximum absolute atomic E-state index is 6.16. The van der Waals surface area contributed by atoms with Gasteiger partial charge in [-0.25, -0.2) is 0 Å². The highest BCUT2D eigenvalue weighted by atomic mass is 35.5. The van der Waals surface area contributed by atoms with Gasteiger partial charge in [0.1, 0.15) is 12.4 Å². The second-order valence-electron chi connectivity index (χ2n) is 5.54. The van der Waals surface area contributed by atoms with Gasteiger partial charge in [0.05, 0.1) is 0 Å². The summed E-state index contributed by atoms with van der Waals surface area (Å²) in [5.74, 6) is 1.25. The van der Waals surface area contributed by atoms with Crippen molar-refractivity contribution in [3.63, 3.8) is 0 Å². The molecule has 3 heteroatoms. The molecule has 0 saturated carbocycles. The first-order valence-electron chi connectivity index (χ1n) is 7.19. The van der Waals surface area contributed by atoms with E-state index in [1.165, 1.54) is 5.56 Å². The first kappa shape index (κ1) is 15.9. The quantitative estimate of drug-likeness (QED) is 0.876. The second-order valence-corrected chi connectivity index (χ2v) is 5.92. The van der Waals surface area contributed by atoms with Gasteiger partial charge in [0, 0.05) is 5.02 Å². The molecule has 1 unspecified atom stereocenters. The van der Waals surface area contributed by atoms with Gasteiger partial charge in [0.2, 0.25) is 0 Å². The summed E-state index contributed by atoms with van der Waals surface area (Å²) < 4.78 is 5.85. The molecule has 0 aliphatic carbocycles. The summed E-state index contributed by atoms with van der Waals surface area (Å²) in [7, 11) is 0. The Balaban J connectivity index is 2.03. The van der Waals surface area contributed by atoms with Gasteiger partial charge in [-0.1, -0.05) is 42.8 Å². The largest absolute Gasteiger partial charge is 0.489 e. The van der Waals surface area contributed by atoms with Crippen LogP contribution in [-0.2, 0) is 6.61 Å². The smallest absolute Gasteiger partial charge is 0.120 e. The van der Waals surface area contributed by atoms with Crippen molar-refractivity contribution in [2.45, 2.75) is 33.3 Å². The molecule has 0 bridgehead atoms. The fraction of sp³-hybridized carbons (Fsp3) is 0.333. The van der Waals surface area contributed by atoms with E-state index in [1.54, 1.807) is 0 Å². The Labute approximate surface area is 131 Å². The van der Waals surface area contributed by atoms with Gasteiger partial charge < -0.3 is 10.5 Å². The number of hydrogen-bond acceptors (Lipinski definition) is 2. The lowest BCUT2D eigenvalue weighted by atomic mass is 10.0. The highest BCUT2D eigenvalue weighted by Gasteiger charge is 2.05. The Morgan fingerprint density at radius 3 is 2.19 bits per heavy atom. The third-order valence-corrected chi connectivity index (χ3v) is 4.31. The van der Waals surface area contributed by atoms with Crippen LogP contribution in [0.1, 0.15) is 35.1 Å². The molecule has 2 aromatic rings. The molecule has 2 nitrogen and oxygen atoms in total. The molecule has 0 saturated heterocycles. The van der Waals surface area contributed by atoms with Crippen LogP contribution in [0.5, 0.6) is 5.75 Å². The Kier molecular flexibility index (Phi) is 5.27. The Morgan fingerprint density at radius 2 is 1.67 bits per heavy atom. The molecule has 0 fully saturated rings. The van der Waals surface area contributed by atoms with Crippen LogP contribution in [0.25, 0.3) is 0 Å². The molecule has 0 aliphatic rings. The van der Waals surface area contributed by atoms with Crippen LogP contribution in [0.3, 0.4) is 0 Å². The summed E-state index contributed by atoms with van der Waals surface area (Å²) in [5, 5.41) is 0.808. The second kappa shape index (κ2) is 6.97. The number of halogens is 1. The number of rotatable bonds is 5. The lowest BCUT2D eigenvalue weighted by Gasteiger charge is -2.12. The molecule has 0 heterocycles. The first-order chi connectivity index (χ1) is 10.0. The van der Waals surface area contributed by atoms with Gasteiger partial charge in [-0.05, 0) is 60.7 Å². The molecule has 0 aromatic heterocycles. The van der Waals surface area contributed by atoms with Gasteiger partial charge in [-0.3, -0.25) is 0 Å². The minimum atomic E-state index is 0.390. The SMILES string of the molecule is Cc1cc(OCc2ccc(C(C)CN)cc2)cc(C)c1Cl. The van der Waals surface area contributed by atoms with E-state index in [4.69, 9.17) is 22.1 Å². The average Bonchev–Trinajstić information content (AvgIpc) is 2.50. The number of ether oxygens (including phenoxy) is 1. The lowest BCUT2D eigenvalue weighted by molar-refractivity contribution is 0.306. The van der Waals surface area contributed by atoms with Crippen LogP contribution in [0, 0.1) is 13.8 Å². The minimum absolute atomic E-state index is 0.390. The van der Waals surface area contributed by atoms with Gasteiger partial charge in [0.25, 0.3) is 0 Å². The van der Waals surface area contributed by atoms with Crippen molar-refractivity contribution in [3.8, 4) is 5.75 Å². The van der Waals surface area contributed by atoms with Crippen molar-refractivity contribution >= 4 is 11.6 Å². The fourth-order valence-electron chi connectivity index (χ4n) is 2.23. The molecular weight excluding hydrogens is 282 g/mol. The first-order valence-corrected chi connectivity index (χ1v) is 7.57. The van der Waals surface area contributed by atoms with E-state index in [0.29, 0.717) is 19.1 Å². The van der Waals surface area contributed by atoms with Crippen LogP contribution in [0.4, 0.5) is 0 Å². The van der Waals surface area contributed by atoms with Crippen molar-refractivity contribution in [1.29, 1.82) is 0 Å². The van der Waals surface area contributed by atoms with E-state index in [2.05, 4.69) is 31.2 Å². The van der Waals surface area contributed by atoms with E-state index >= 15 is 0 Å². The molecule has 2 aromatic carbocycles. The zero-order valence-corrected chi connectivity index (χ0v) is 13.6. The molecule has 21 heavy (non-hydrogen) atoms. The predicted molar refractivity (Wildman–Crippen MR) is 89.2 cm³/mol. The summed E-state index contributed by atoms with van der Waals surface area (Å²) in [6.45, 7) is 7.33. The van der Waals surface area contributed by atoms with Gasteiger partial charge in [-0.2, -0.15) is 0 Å². The van der Waals surface area contributed by atoms with Gasteiger partial charge >= 0.3 is 0 Å². The van der Waals surface area contributed by atoms with Crippen LogP contribution < -0.4 is 10.5 Å². The highest BCUT2D eigenvalue weighted by Crippen LogP contribution is 2.26.